The van der Waals surface area contributed by atoms with Crippen molar-refractivity contribution in [3.8, 4) is 0 Å². The van der Waals surface area contributed by atoms with Gasteiger partial charge in [-0.3, -0.25) is 0 Å². The van der Waals surface area contributed by atoms with Crippen LogP contribution >= 0.6 is 0 Å². The van der Waals surface area contributed by atoms with Crippen LogP contribution in [0.15, 0.2) is 12.2 Å². The van der Waals surface area contributed by atoms with E-state index in [2.05, 4.69) is 184 Å². The molecule has 0 aromatic heterocycles. The quantitative estimate of drug-likeness (QED) is 0.0256. The van der Waals surface area contributed by atoms with Crippen molar-refractivity contribution >= 4 is 117 Å². The van der Waals surface area contributed by atoms with Crippen LogP contribution < -0.4 is 0 Å². The van der Waals surface area contributed by atoms with Gasteiger partial charge in [0, 0.05) is 12.2 Å². The Labute approximate surface area is 425 Å². The van der Waals surface area contributed by atoms with Gasteiger partial charge >= 0.3 is 100 Å². The largest absolute Gasteiger partial charge is 0.460 e. The first kappa shape index (κ1) is 68.5. The van der Waals surface area contributed by atoms with Crippen LogP contribution in [0.3, 0.4) is 0 Å². The molecule has 0 aliphatic rings. The summed E-state index contributed by atoms with van der Waals surface area (Å²) >= 11 is 0. The lowest BCUT2D eigenvalue weighted by Crippen LogP contribution is -2.63. The average Bonchev–Trinajstić information content (AvgIpc) is 2.95. The summed E-state index contributed by atoms with van der Waals surface area (Å²) in [5, 5.41) is 0. The van der Waals surface area contributed by atoms with Crippen LogP contribution in [0.1, 0.15) is 33.1 Å². The maximum atomic E-state index is 11.6. The number of hydrogen-bond acceptors (Lipinski definition) is 15. The van der Waals surface area contributed by atoms with Crippen LogP contribution in [0.2, 0.25) is 182 Å². The highest BCUT2D eigenvalue weighted by atomic mass is 28.5. The Morgan fingerprint density at radius 2 is 0.567 bits per heavy atom. The molecule has 67 heavy (non-hydrogen) atoms. The number of hydrogen-bond donors (Lipinski definition) is 0. The van der Waals surface area contributed by atoms with Crippen molar-refractivity contribution < 1.29 is 63.7 Å². The molecule has 0 aliphatic heterocycles. The molecule has 15 nitrogen and oxygen atoms in total. The Hall–Kier alpha value is 1.51. The van der Waals surface area contributed by atoms with Crippen LogP contribution in [0.5, 0.6) is 0 Å². The standard InChI is InChI=1S/C39H102O15Si13/c1-30-31-36-55(4,5)43-57(8,9)45-59(12,13)47-61(16,17)49-63(20,21)51-65(24,25)53-67(28,29)54-66(26,27)52-64(22,23)50-62(18,19)48-60(14,15)46-58(10,11)44-56(6,7)37-32-33-41-34-35-42-39(40)38(2)3/h2,30-37H2,1,3-29H3. The number of esters is 1. The summed E-state index contributed by atoms with van der Waals surface area (Å²) in [6.45, 7) is 63.4. The molecule has 28 heteroatoms. The highest BCUT2D eigenvalue weighted by Gasteiger charge is 2.52. The zero-order valence-electron chi connectivity index (χ0n) is 48.0. The third kappa shape index (κ3) is 33.1. The van der Waals surface area contributed by atoms with Crippen molar-refractivity contribution in [1.29, 1.82) is 0 Å². The summed E-state index contributed by atoms with van der Waals surface area (Å²) in [5.74, 6) is -0.399. The number of carbonyl (C=O) groups is 1. The Bertz CT molecular complexity index is 1560. The van der Waals surface area contributed by atoms with Crippen LogP contribution in [0.4, 0.5) is 0 Å². The molecule has 0 saturated heterocycles. The van der Waals surface area contributed by atoms with Gasteiger partial charge < -0.3 is 58.9 Å². The minimum atomic E-state index is -2.79. The normalized spacial score (nSPS) is 15.0. The van der Waals surface area contributed by atoms with Crippen LogP contribution in [0, 0.1) is 0 Å². The summed E-state index contributed by atoms with van der Waals surface area (Å²) in [4.78, 5) is 11.6. The van der Waals surface area contributed by atoms with Crippen molar-refractivity contribution in [2.24, 2.45) is 0 Å². The smallest absolute Gasteiger partial charge is 0.333 e. The van der Waals surface area contributed by atoms with Gasteiger partial charge in [-0.05, 0) is 196 Å². The average molecular weight is 1180 g/mol. The van der Waals surface area contributed by atoms with Crippen LogP contribution in [0.25, 0.3) is 0 Å². The molecular weight excluding hydrogens is 1070 g/mol. The van der Waals surface area contributed by atoms with E-state index >= 15 is 0 Å². The second-order valence-corrected chi connectivity index (χ2v) is 72.5. The molecule has 0 rings (SSSR count). The number of ether oxygens (including phenoxy) is 2. The fraction of sp³-hybridized carbons (Fsp3) is 0.923. The van der Waals surface area contributed by atoms with Gasteiger partial charge in [-0.15, -0.1) is 0 Å². The van der Waals surface area contributed by atoms with Gasteiger partial charge in [-0.25, -0.2) is 4.79 Å². The van der Waals surface area contributed by atoms with E-state index in [-0.39, 0.29) is 6.61 Å². The van der Waals surface area contributed by atoms with Crippen molar-refractivity contribution in [2.45, 2.75) is 215 Å². The van der Waals surface area contributed by atoms with Gasteiger partial charge in [0.15, 0.2) is 16.6 Å². The molecule has 0 N–H and O–H groups in total. The first-order chi connectivity index (χ1) is 29.4. The van der Waals surface area contributed by atoms with Gasteiger partial charge in [0.05, 0.1) is 6.61 Å². The summed E-state index contributed by atoms with van der Waals surface area (Å²) in [6.07, 6.45) is 3.19. The van der Waals surface area contributed by atoms with Crippen molar-refractivity contribution in [1.82, 2.24) is 0 Å². The lowest BCUT2D eigenvalue weighted by Gasteiger charge is -2.45. The second-order valence-electron chi connectivity index (χ2n) is 23.9. The number of rotatable bonds is 35. The molecule has 0 aliphatic carbocycles. The van der Waals surface area contributed by atoms with E-state index in [0.29, 0.717) is 18.8 Å². The maximum absolute atomic E-state index is 11.6. The molecular formula is C39H102O15Si13. The van der Waals surface area contributed by atoms with Gasteiger partial charge in [0.2, 0.25) is 0 Å². The summed E-state index contributed by atoms with van der Waals surface area (Å²) in [6, 6.07) is 2.04. The summed E-state index contributed by atoms with van der Waals surface area (Å²) in [5.41, 5.74) is 0.380. The van der Waals surface area contributed by atoms with E-state index in [4.69, 9.17) is 58.9 Å². The topological polar surface area (TPSA) is 146 Å². The van der Waals surface area contributed by atoms with Crippen molar-refractivity contribution in [2.75, 3.05) is 19.8 Å². The molecule has 0 unspecified atom stereocenters. The zero-order chi connectivity index (χ0) is 53.2. The first-order valence-corrected chi connectivity index (χ1v) is 61.4. The van der Waals surface area contributed by atoms with E-state index in [1.54, 1.807) is 6.92 Å². The van der Waals surface area contributed by atoms with E-state index in [0.717, 1.165) is 18.5 Å². The Balaban J connectivity index is 5.49. The third-order valence-electron chi connectivity index (χ3n) is 8.97. The molecule has 0 saturated carbocycles. The Kier molecular flexibility index (Phi) is 26.4. The first-order valence-electron chi connectivity index (χ1n) is 24.2. The van der Waals surface area contributed by atoms with E-state index in [9.17, 15) is 4.79 Å². The molecule has 0 spiro atoms. The van der Waals surface area contributed by atoms with Gasteiger partial charge in [0.1, 0.15) is 6.61 Å². The molecule has 0 radical (unpaired) electrons. The molecule has 0 fully saturated rings. The van der Waals surface area contributed by atoms with E-state index in [1.165, 1.54) is 12.8 Å². The van der Waals surface area contributed by atoms with Crippen molar-refractivity contribution in [3.05, 3.63) is 12.2 Å². The zero-order valence-corrected chi connectivity index (χ0v) is 61.0. The van der Waals surface area contributed by atoms with Gasteiger partial charge in [-0.2, -0.15) is 0 Å². The molecule has 0 atom stereocenters. The Morgan fingerprint density at radius 3 is 0.791 bits per heavy atom. The SMILES string of the molecule is C=C(C)C(=O)OCCOCCC[Si](C)(C)O[Si](C)(C)O[Si](C)(C)O[Si](C)(C)O[Si](C)(C)O[Si](C)(C)O[Si](C)(C)O[Si](C)(C)O[Si](C)(C)O[Si](C)(C)O[Si](C)(C)O[Si](C)(C)O[Si](C)(C)CCCC. The third-order valence-corrected chi connectivity index (χ3v) is 59.8. The molecule has 0 heterocycles. The molecule has 400 valence electrons. The summed E-state index contributed by atoms with van der Waals surface area (Å²) in [7, 11) is -33.6. The lowest BCUT2D eigenvalue weighted by molar-refractivity contribution is -0.140. The van der Waals surface area contributed by atoms with Gasteiger partial charge in [-0.1, -0.05) is 26.3 Å². The predicted octanol–water partition coefficient (Wildman–Crippen LogP) is 12.6. The minimum absolute atomic E-state index is 0.213. The number of carbonyl (C=O) groups excluding carboxylic acids is 1. The predicted molar refractivity (Wildman–Crippen MR) is 306 cm³/mol. The molecule has 0 aromatic carbocycles. The van der Waals surface area contributed by atoms with Crippen LogP contribution in [-0.2, 0) is 63.7 Å². The fourth-order valence-electron chi connectivity index (χ4n) is 9.20. The van der Waals surface area contributed by atoms with Gasteiger partial charge in [0.25, 0.3) is 0 Å². The van der Waals surface area contributed by atoms with Crippen molar-refractivity contribution in [3.63, 3.8) is 0 Å². The maximum Gasteiger partial charge on any atom is 0.333 e. The van der Waals surface area contributed by atoms with E-state index < -0.39 is 117 Å². The molecule has 0 aromatic rings. The lowest BCUT2D eigenvalue weighted by atomic mass is 10.4. The van der Waals surface area contributed by atoms with Crippen LogP contribution in [-0.4, -0.2) is 137 Å². The second kappa shape index (κ2) is 25.8. The molecule has 0 amide bonds. The number of unbranched alkanes of at least 4 members (excludes halogenated alkanes) is 1. The van der Waals surface area contributed by atoms with E-state index in [1.807, 2.05) is 0 Å². The highest BCUT2D eigenvalue weighted by molar-refractivity contribution is 6.94. The fourth-order valence-corrected chi connectivity index (χ4v) is 76.2. The minimum Gasteiger partial charge on any atom is -0.460 e. The highest BCUT2D eigenvalue weighted by Crippen LogP contribution is 2.33. The molecule has 0 bridgehead atoms. The monoisotopic (exact) mass is 1170 g/mol. The Morgan fingerprint density at radius 1 is 0.343 bits per heavy atom. The summed E-state index contributed by atoms with van der Waals surface area (Å²) < 4.78 is 92.8.